The van der Waals surface area contributed by atoms with Gasteiger partial charge in [-0.25, -0.2) is 0 Å². The Bertz CT molecular complexity index is 1060. The molecule has 5 nitrogen and oxygen atoms in total. The van der Waals surface area contributed by atoms with E-state index in [0.29, 0.717) is 10.6 Å². The van der Waals surface area contributed by atoms with Gasteiger partial charge in [0.05, 0.1) is 10.9 Å². The molecule has 0 unspecified atom stereocenters. The second kappa shape index (κ2) is 8.33. The summed E-state index contributed by atoms with van der Waals surface area (Å²) >= 11 is 6.89. The van der Waals surface area contributed by atoms with Crippen LogP contribution in [0, 0.1) is 4.77 Å². The number of amides is 1. The summed E-state index contributed by atoms with van der Waals surface area (Å²) in [5.74, 6) is 0.541. The fourth-order valence-corrected chi connectivity index (χ4v) is 3.98. The van der Waals surface area contributed by atoms with Gasteiger partial charge in [0.2, 0.25) is 5.91 Å². The number of carbonyl (C=O) groups excluding carboxylic acids is 1. The van der Waals surface area contributed by atoms with Crippen molar-refractivity contribution in [3.05, 3.63) is 94.1 Å². The fraction of sp³-hybridized carbons (Fsp3) is 0.0952. The lowest BCUT2D eigenvalue weighted by Crippen LogP contribution is -2.32. The number of hydrogen-bond donors (Lipinski definition) is 2. The average molecular weight is 407 g/mol. The zero-order valence-electron chi connectivity index (χ0n) is 14.9. The summed E-state index contributed by atoms with van der Waals surface area (Å²) in [5.41, 5.74) is 2.05. The van der Waals surface area contributed by atoms with Crippen molar-refractivity contribution in [2.24, 2.45) is 0 Å². The first-order valence-electron chi connectivity index (χ1n) is 8.81. The van der Waals surface area contributed by atoms with Gasteiger partial charge >= 0.3 is 0 Å². The summed E-state index contributed by atoms with van der Waals surface area (Å²) in [4.78, 5) is 13.9. The van der Waals surface area contributed by atoms with Crippen molar-refractivity contribution < 1.29 is 4.79 Å². The Labute approximate surface area is 171 Å². The SMILES string of the molecule is O=C(Cn1c(-c2cccs2)n[nH]c1=S)NC(c1ccccc1)c1ccccc1. The Kier molecular flexibility index (Phi) is 5.45. The molecule has 0 bridgehead atoms. The van der Waals surface area contributed by atoms with Crippen molar-refractivity contribution in [3.63, 3.8) is 0 Å². The van der Waals surface area contributed by atoms with Crippen LogP contribution >= 0.6 is 23.6 Å². The molecule has 1 amide bonds. The number of benzene rings is 2. The predicted octanol–water partition coefficient (Wildman–Crippen LogP) is 4.57. The van der Waals surface area contributed by atoms with Gasteiger partial charge in [0, 0.05) is 0 Å². The number of rotatable bonds is 6. The molecule has 7 heteroatoms. The predicted molar refractivity (Wildman–Crippen MR) is 114 cm³/mol. The highest BCUT2D eigenvalue weighted by Gasteiger charge is 2.19. The van der Waals surface area contributed by atoms with Crippen LogP contribution in [0.2, 0.25) is 0 Å². The van der Waals surface area contributed by atoms with E-state index in [1.165, 1.54) is 0 Å². The topological polar surface area (TPSA) is 62.7 Å². The summed E-state index contributed by atoms with van der Waals surface area (Å²) in [6.07, 6.45) is 0. The molecule has 140 valence electrons. The number of aromatic amines is 1. The number of nitrogens with one attached hydrogen (secondary N) is 2. The third kappa shape index (κ3) is 3.95. The molecule has 0 fully saturated rings. The van der Waals surface area contributed by atoms with Gasteiger partial charge in [-0.05, 0) is 34.8 Å². The van der Waals surface area contributed by atoms with Gasteiger partial charge in [0.25, 0.3) is 0 Å². The second-order valence-corrected chi connectivity index (χ2v) is 7.57. The lowest BCUT2D eigenvalue weighted by atomic mass is 9.99. The van der Waals surface area contributed by atoms with Crippen molar-refractivity contribution in [1.82, 2.24) is 20.1 Å². The first-order valence-corrected chi connectivity index (χ1v) is 10.1. The minimum atomic E-state index is -0.235. The molecule has 2 aromatic carbocycles. The van der Waals surface area contributed by atoms with Crippen molar-refractivity contribution >= 4 is 29.5 Å². The maximum atomic E-state index is 12.9. The van der Waals surface area contributed by atoms with Crippen molar-refractivity contribution in [3.8, 4) is 10.7 Å². The molecule has 0 spiro atoms. The van der Waals surface area contributed by atoms with Crippen LogP contribution < -0.4 is 5.32 Å². The summed E-state index contributed by atoms with van der Waals surface area (Å²) in [7, 11) is 0. The monoisotopic (exact) mass is 406 g/mol. The van der Waals surface area contributed by atoms with E-state index in [0.717, 1.165) is 16.0 Å². The van der Waals surface area contributed by atoms with Crippen LogP contribution in [0.25, 0.3) is 10.7 Å². The molecule has 2 heterocycles. The molecule has 4 rings (SSSR count). The molecule has 2 N–H and O–H groups in total. The largest absolute Gasteiger partial charge is 0.344 e. The first kappa shape index (κ1) is 18.3. The van der Waals surface area contributed by atoms with E-state index >= 15 is 0 Å². The Hall–Kier alpha value is -3.03. The van der Waals surface area contributed by atoms with Crippen LogP contribution in [0.1, 0.15) is 17.2 Å². The van der Waals surface area contributed by atoms with Gasteiger partial charge in [-0.2, -0.15) is 5.10 Å². The molecule has 0 radical (unpaired) electrons. The fourth-order valence-electron chi connectivity index (χ4n) is 3.06. The van der Waals surface area contributed by atoms with Crippen LogP contribution in [0.5, 0.6) is 0 Å². The van der Waals surface area contributed by atoms with E-state index < -0.39 is 0 Å². The van der Waals surface area contributed by atoms with Crippen molar-refractivity contribution in [2.75, 3.05) is 0 Å². The first-order chi connectivity index (χ1) is 13.7. The average Bonchev–Trinajstić information content (AvgIpc) is 3.38. The van der Waals surface area contributed by atoms with Gasteiger partial charge in [0.15, 0.2) is 10.6 Å². The highest BCUT2D eigenvalue weighted by atomic mass is 32.1. The smallest absolute Gasteiger partial charge is 0.240 e. The van der Waals surface area contributed by atoms with E-state index in [9.17, 15) is 4.79 Å². The number of carbonyl (C=O) groups is 1. The molecule has 0 saturated carbocycles. The lowest BCUT2D eigenvalue weighted by molar-refractivity contribution is -0.122. The van der Waals surface area contributed by atoms with Gasteiger partial charge in [-0.3, -0.25) is 14.5 Å². The van der Waals surface area contributed by atoms with Crippen molar-refractivity contribution in [2.45, 2.75) is 12.6 Å². The molecular formula is C21H18N4OS2. The summed E-state index contributed by atoms with van der Waals surface area (Å²) in [6, 6.07) is 23.5. The molecule has 0 saturated heterocycles. The molecule has 0 aliphatic rings. The molecule has 28 heavy (non-hydrogen) atoms. The molecule has 0 atom stereocenters. The quantitative estimate of drug-likeness (QED) is 0.461. The summed E-state index contributed by atoms with van der Waals surface area (Å²) in [6.45, 7) is 0.0960. The standard InChI is InChI=1S/C21H18N4OS2/c26-18(14-25-20(23-24-21(25)27)17-12-7-13-28-17)22-19(15-8-3-1-4-9-15)16-10-5-2-6-11-16/h1-13,19H,14H2,(H,22,26)(H,24,27). The molecule has 4 aromatic rings. The lowest BCUT2D eigenvalue weighted by Gasteiger charge is -2.20. The van der Waals surface area contributed by atoms with Gasteiger partial charge in [-0.1, -0.05) is 66.7 Å². The number of thiophene rings is 1. The highest BCUT2D eigenvalue weighted by Crippen LogP contribution is 2.24. The molecular weight excluding hydrogens is 388 g/mol. The maximum Gasteiger partial charge on any atom is 0.240 e. The van der Waals surface area contributed by atoms with Crippen LogP contribution in [0.3, 0.4) is 0 Å². The Balaban J connectivity index is 1.60. The van der Waals surface area contributed by atoms with E-state index in [1.54, 1.807) is 15.9 Å². The number of H-pyrrole nitrogens is 1. The van der Waals surface area contributed by atoms with Gasteiger partial charge < -0.3 is 5.32 Å². The third-order valence-corrected chi connectivity index (χ3v) is 5.55. The molecule has 2 aromatic heterocycles. The van der Waals surface area contributed by atoms with E-state index in [4.69, 9.17) is 12.2 Å². The maximum absolute atomic E-state index is 12.9. The Morgan fingerprint density at radius 1 is 1.04 bits per heavy atom. The Morgan fingerprint density at radius 3 is 2.25 bits per heavy atom. The molecule has 0 aliphatic carbocycles. The van der Waals surface area contributed by atoms with Gasteiger partial charge in [-0.15, -0.1) is 11.3 Å². The summed E-state index contributed by atoms with van der Waals surface area (Å²) in [5, 5.41) is 12.2. The van der Waals surface area contributed by atoms with Crippen LogP contribution in [0.15, 0.2) is 78.2 Å². The zero-order chi connectivity index (χ0) is 19.3. The zero-order valence-corrected chi connectivity index (χ0v) is 16.5. The van der Waals surface area contributed by atoms with Crippen LogP contribution in [-0.4, -0.2) is 20.7 Å². The van der Waals surface area contributed by atoms with E-state index in [1.807, 2.05) is 78.2 Å². The third-order valence-electron chi connectivity index (χ3n) is 4.37. The minimum absolute atomic E-state index is 0.0960. The number of hydrogen-bond acceptors (Lipinski definition) is 4. The minimum Gasteiger partial charge on any atom is -0.344 e. The highest BCUT2D eigenvalue weighted by molar-refractivity contribution is 7.71. The van der Waals surface area contributed by atoms with Crippen LogP contribution in [0.4, 0.5) is 0 Å². The van der Waals surface area contributed by atoms with Gasteiger partial charge in [0.1, 0.15) is 6.54 Å². The van der Waals surface area contributed by atoms with E-state index in [-0.39, 0.29) is 18.5 Å². The molecule has 0 aliphatic heterocycles. The normalized spacial score (nSPS) is 10.9. The van der Waals surface area contributed by atoms with E-state index in [2.05, 4.69) is 15.5 Å². The number of aromatic nitrogens is 3. The summed E-state index contributed by atoms with van der Waals surface area (Å²) < 4.78 is 2.15. The Morgan fingerprint density at radius 2 is 1.68 bits per heavy atom. The number of nitrogens with zero attached hydrogens (tertiary/aromatic N) is 2. The van der Waals surface area contributed by atoms with Crippen LogP contribution in [-0.2, 0) is 11.3 Å². The van der Waals surface area contributed by atoms with Crippen molar-refractivity contribution in [1.29, 1.82) is 0 Å². The second-order valence-electron chi connectivity index (χ2n) is 6.24.